The van der Waals surface area contributed by atoms with Crippen molar-refractivity contribution in [3.63, 3.8) is 0 Å². The van der Waals surface area contributed by atoms with E-state index in [0.29, 0.717) is 0 Å². The van der Waals surface area contributed by atoms with E-state index in [9.17, 15) is 4.79 Å². The van der Waals surface area contributed by atoms with Crippen molar-refractivity contribution < 1.29 is 4.79 Å². The van der Waals surface area contributed by atoms with Crippen LogP contribution in [0.15, 0.2) is 29.8 Å². The molecular formula is C7H10N2O. The minimum Gasteiger partial charge on any atom is -0.364 e. The van der Waals surface area contributed by atoms with Gasteiger partial charge in [0.25, 0.3) is 5.91 Å². The minimum absolute atomic E-state index is 0.250. The molecule has 0 spiro atoms. The maximum Gasteiger partial charge on any atom is 0.266 e. The van der Waals surface area contributed by atoms with E-state index in [-0.39, 0.29) is 5.71 Å². The fourth-order valence-corrected chi connectivity index (χ4v) is 0.426. The molecule has 0 atom stereocenters. The monoisotopic (exact) mass is 138 g/mol. The summed E-state index contributed by atoms with van der Waals surface area (Å²) in [6.07, 6.45) is 4.66. The van der Waals surface area contributed by atoms with Gasteiger partial charge >= 0.3 is 0 Å². The summed E-state index contributed by atoms with van der Waals surface area (Å²) in [7, 11) is 1.51. The van der Waals surface area contributed by atoms with E-state index in [1.165, 1.54) is 13.1 Å². The Kier molecular flexibility index (Phi) is 3.87. The first-order valence-corrected chi connectivity index (χ1v) is 2.78. The van der Waals surface area contributed by atoms with Crippen molar-refractivity contribution >= 4 is 11.6 Å². The summed E-state index contributed by atoms with van der Waals surface area (Å²) in [4.78, 5) is 14.1. The second kappa shape index (κ2) is 4.49. The molecule has 0 heterocycles. The molecule has 0 aromatic carbocycles. The van der Waals surface area contributed by atoms with Gasteiger partial charge in [-0.05, 0) is 6.08 Å². The Morgan fingerprint density at radius 2 is 2.30 bits per heavy atom. The molecule has 0 aromatic heterocycles. The Hall–Kier alpha value is -1.38. The van der Waals surface area contributed by atoms with E-state index in [2.05, 4.69) is 11.6 Å². The normalized spacial score (nSPS) is 11.9. The van der Waals surface area contributed by atoms with Crippen LogP contribution in [0.4, 0.5) is 0 Å². The number of amides is 1. The second-order valence-electron chi connectivity index (χ2n) is 1.57. The summed E-state index contributed by atoms with van der Waals surface area (Å²) in [5.74, 6) is -0.527. The highest BCUT2D eigenvalue weighted by Gasteiger charge is 1.97. The van der Waals surface area contributed by atoms with Crippen molar-refractivity contribution in [2.75, 3.05) is 7.05 Å². The molecule has 3 heteroatoms. The molecule has 0 rings (SSSR count). The van der Waals surface area contributed by atoms with Crippen molar-refractivity contribution in [2.24, 2.45) is 10.7 Å². The predicted molar refractivity (Wildman–Crippen MR) is 41.9 cm³/mol. The van der Waals surface area contributed by atoms with Gasteiger partial charge in [0.1, 0.15) is 5.71 Å². The largest absolute Gasteiger partial charge is 0.364 e. The number of nitrogens with zero attached hydrogens (tertiary/aromatic N) is 1. The lowest BCUT2D eigenvalue weighted by atomic mass is 10.3. The van der Waals surface area contributed by atoms with Crippen LogP contribution in [-0.4, -0.2) is 18.7 Å². The van der Waals surface area contributed by atoms with Crippen LogP contribution >= 0.6 is 0 Å². The standard InChI is InChI=1S/C7H10N2O/c1-3-4-5-6(9-2)7(8)10/h3-5H,1H2,2H3,(H2,8,10)/b5-4-,9-6?. The molecular weight excluding hydrogens is 128 g/mol. The summed E-state index contributed by atoms with van der Waals surface area (Å²) in [6.45, 7) is 3.43. The van der Waals surface area contributed by atoms with Gasteiger partial charge in [0.05, 0.1) is 0 Å². The van der Waals surface area contributed by atoms with Gasteiger partial charge < -0.3 is 5.73 Å². The number of rotatable bonds is 3. The molecule has 0 saturated heterocycles. The van der Waals surface area contributed by atoms with Crippen LogP contribution in [0.3, 0.4) is 0 Å². The van der Waals surface area contributed by atoms with Gasteiger partial charge in [-0.25, -0.2) is 0 Å². The topological polar surface area (TPSA) is 55.4 Å². The Balaban J connectivity index is 4.25. The van der Waals surface area contributed by atoms with Gasteiger partial charge in [-0.15, -0.1) is 0 Å². The van der Waals surface area contributed by atoms with Crippen LogP contribution in [0.5, 0.6) is 0 Å². The van der Waals surface area contributed by atoms with E-state index in [1.807, 2.05) is 0 Å². The third-order valence-electron chi connectivity index (χ3n) is 0.884. The lowest BCUT2D eigenvalue weighted by molar-refractivity contribution is -0.111. The lowest BCUT2D eigenvalue weighted by Gasteiger charge is -1.88. The molecule has 0 fully saturated rings. The van der Waals surface area contributed by atoms with Crippen LogP contribution in [0.2, 0.25) is 0 Å². The molecule has 0 aliphatic heterocycles. The first-order valence-electron chi connectivity index (χ1n) is 2.78. The molecule has 0 bridgehead atoms. The van der Waals surface area contributed by atoms with Crippen molar-refractivity contribution in [3.8, 4) is 0 Å². The second-order valence-corrected chi connectivity index (χ2v) is 1.57. The van der Waals surface area contributed by atoms with Crippen LogP contribution < -0.4 is 5.73 Å². The molecule has 54 valence electrons. The summed E-state index contributed by atoms with van der Waals surface area (Å²) in [5.41, 5.74) is 5.18. The fraction of sp³-hybridized carbons (Fsp3) is 0.143. The van der Waals surface area contributed by atoms with E-state index < -0.39 is 5.91 Å². The van der Waals surface area contributed by atoms with Crippen molar-refractivity contribution in [1.82, 2.24) is 0 Å². The number of hydrogen-bond acceptors (Lipinski definition) is 2. The highest BCUT2D eigenvalue weighted by molar-refractivity contribution is 6.42. The number of nitrogens with two attached hydrogens (primary N) is 1. The molecule has 2 N–H and O–H groups in total. The molecule has 0 unspecified atom stereocenters. The van der Waals surface area contributed by atoms with Crippen LogP contribution in [-0.2, 0) is 4.79 Å². The first kappa shape index (κ1) is 8.62. The molecule has 3 nitrogen and oxygen atoms in total. The average molecular weight is 138 g/mol. The van der Waals surface area contributed by atoms with Crippen molar-refractivity contribution in [1.29, 1.82) is 0 Å². The fourth-order valence-electron chi connectivity index (χ4n) is 0.426. The van der Waals surface area contributed by atoms with E-state index in [0.717, 1.165) is 0 Å². The predicted octanol–water partition coefficient (Wildman–Crippen LogP) is 0.285. The summed E-state index contributed by atoms with van der Waals surface area (Å²) in [5, 5.41) is 0. The number of primary amides is 1. The number of aliphatic imine (C=N–C) groups is 1. The summed E-state index contributed by atoms with van der Waals surface area (Å²) in [6, 6.07) is 0. The van der Waals surface area contributed by atoms with E-state index in [1.54, 1.807) is 12.2 Å². The van der Waals surface area contributed by atoms with Gasteiger partial charge in [0, 0.05) is 7.05 Å². The zero-order valence-corrected chi connectivity index (χ0v) is 5.87. The van der Waals surface area contributed by atoms with Crippen LogP contribution in [0, 0.1) is 0 Å². The molecule has 0 radical (unpaired) electrons. The van der Waals surface area contributed by atoms with E-state index >= 15 is 0 Å². The Morgan fingerprint density at radius 1 is 1.70 bits per heavy atom. The zero-order valence-electron chi connectivity index (χ0n) is 5.87. The quantitative estimate of drug-likeness (QED) is 0.442. The van der Waals surface area contributed by atoms with Gasteiger partial charge in [0.15, 0.2) is 0 Å². The summed E-state index contributed by atoms with van der Waals surface area (Å²) >= 11 is 0. The highest BCUT2D eigenvalue weighted by atomic mass is 16.1. The molecule has 0 aromatic rings. The third-order valence-corrected chi connectivity index (χ3v) is 0.884. The van der Waals surface area contributed by atoms with Gasteiger partial charge in [-0.2, -0.15) is 0 Å². The number of carbonyl (C=O) groups excluding carboxylic acids is 1. The minimum atomic E-state index is -0.527. The molecule has 0 aliphatic carbocycles. The smallest absolute Gasteiger partial charge is 0.266 e. The van der Waals surface area contributed by atoms with Gasteiger partial charge in [-0.1, -0.05) is 18.7 Å². The van der Waals surface area contributed by atoms with Crippen LogP contribution in [0.25, 0.3) is 0 Å². The van der Waals surface area contributed by atoms with Crippen LogP contribution in [0.1, 0.15) is 0 Å². The lowest BCUT2D eigenvalue weighted by Crippen LogP contribution is -2.21. The Bertz CT molecular complexity index is 192. The molecule has 0 saturated carbocycles. The highest BCUT2D eigenvalue weighted by Crippen LogP contribution is 1.80. The maximum atomic E-state index is 10.4. The number of carbonyl (C=O) groups is 1. The summed E-state index contributed by atoms with van der Waals surface area (Å²) < 4.78 is 0. The molecule has 0 aliphatic rings. The Labute approximate surface area is 59.9 Å². The average Bonchev–Trinajstić information content (AvgIpc) is 1.89. The van der Waals surface area contributed by atoms with Crippen molar-refractivity contribution in [3.05, 3.63) is 24.8 Å². The third kappa shape index (κ3) is 2.81. The maximum absolute atomic E-state index is 10.4. The number of hydrogen-bond donors (Lipinski definition) is 1. The number of allylic oxidation sites excluding steroid dienone is 2. The van der Waals surface area contributed by atoms with Gasteiger partial charge in [-0.3, -0.25) is 9.79 Å². The first-order chi connectivity index (χ1) is 4.72. The Morgan fingerprint density at radius 3 is 2.60 bits per heavy atom. The zero-order chi connectivity index (χ0) is 7.98. The van der Waals surface area contributed by atoms with Gasteiger partial charge in [0.2, 0.25) is 0 Å². The SMILES string of the molecule is C=C/C=C\C(=NC)C(N)=O. The molecule has 10 heavy (non-hydrogen) atoms. The molecule has 1 amide bonds. The van der Waals surface area contributed by atoms with E-state index in [4.69, 9.17) is 5.73 Å². The van der Waals surface area contributed by atoms with Crippen molar-refractivity contribution in [2.45, 2.75) is 0 Å².